The van der Waals surface area contributed by atoms with Crippen LogP contribution < -0.4 is 10.6 Å². The Hall–Kier alpha value is -0.600. The highest BCUT2D eigenvalue weighted by Crippen LogP contribution is 2.27. The molecule has 0 aromatic heterocycles. The first-order chi connectivity index (χ1) is 5.52. The molecule has 2 atom stereocenters. The highest BCUT2D eigenvalue weighted by molar-refractivity contribution is 5.30. The van der Waals surface area contributed by atoms with Gasteiger partial charge < -0.3 is 0 Å². The molecule has 1 fully saturated rings. The molecule has 66 valence electrons. The molecule has 0 aromatic carbocycles. The maximum Gasteiger partial charge on any atom is 0.0641 e. The Labute approximate surface area is 73.7 Å². The van der Waals surface area contributed by atoms with Gasteiger partial charge in [-0.25, -0.2) is 0 Å². The van der Waals surface area contributed by atoms with Gasteiger partial charge in [0, 0.05) is 6.04 Å². The zero-order chi connectivity index (χ0) is 8.82. The molecule has 12 heavy (non-hydrogen) atoms. The van der Waals surface area contributed by atoms with Crippen LogP contribution >= 0.6 is 0 Å². The fraction of sp³-hybridized carbons (Fsp3) is 0.600. The zero-order valence-electron chi connectivity index (χ0n) is 7.89. The summed E-state index contributed by atoms with van der Waals surface area (Å²) in [6.07, 6.45) is 8.64. The van der Waals surface area contributed by atoms with Crippen molar-refractivity contribution in [1.82, 2.24) is 10.6 Å². The van der Waals surface area contributed by atoms with E-state index in [9.17, 15) is 0 Å². The number of allylic oxidation sites excluding steroid dienone is 2. The van der Waals surface area contributed by atoms with Gasteiger partial charge >= 0.3 is 0 Å². The van der Waals surface area contributed by atoms with E-state index in [1.54, 1.807) is 0 Å². The summed E-state index contributed by atoms with van der Waals surface area (Å²) in [5, 5.41) is 7.08. The number of nitrogens with one attached hydrogen (secondary N) is 2. The maximum absolute atomic E-state index is 3.56. The first-order valence-corrected chi connectivity index (χ1v) is 4.45. The van der Waals surface area contributed by atoms with E-state index in [0.29, 0.717) is 6.04 Å². The molecule has 0 amide bonds. The fourth-order valence-corrected chi connectivity index (χ4v) is 2.15. The molecule has 2 N–H and O–H groups in total. The Morgan fingerprint density at radius 1 is 1.17 bits per heavy atom. The van der Waals surface area contributed by atoms with Gasteiger partial charge in [0.05, 0.1) is 11.2 Å². The monoisotopic (exact) mass is 164 g/mol. The van der Waals surface area contributed by atoms with Gasteiger partial charge in [0.1, 0.15) is 0 Å². The largest absolute Gasteiger partial charge is 0.291 e. The lowest BCUT2D eigenvalue weighted by Gasteiger charge is -2.28. The lowest BCUT2D eigenvalue weighted by Crippen LogP contribution is -2.48. The Morgan fingerprint density at radius 2 is 1.92 bits per heavy atom. The fourth-order valence-electron chi connectivity index (χ4n) is 2.15. The van der Waals surface area contributed by atoms with Gasteiger partial charge in [-0.1, -0.05) is 24.3 Å². The molecule has 0 bridgehead atoms. The average molecular weight is 164 g/mol. The van der Waals surface area contributed by atoms with Crippen molar-refractivity contribution in [2.24, 2.45) is 0 Å². The van der Waals surface area contributed by atoms with E-state index in [0.717, 1.165) is 0 Å². The van der Waals surface area contributed by atoms with Gasteiger partial charge in [-0.2, -0.15) is 0 Å². The summed E-state index contributed by atoms with van der Waals surface area (Å²) in [6, 6.07) is 0.428. The van der Waals surface area contributed by atoms with E-state index in [1.165, 1.54) is 0 Å². The van der Waals surface area contributed by atoms with Crippen LogP contribution in [0.5, 0.6) is 0 Å². The van der Waals surface area contributed by atoms with Crippen LogP contribution in [0, 0.1) is 0 Å². The van der Waals surface area contributed by atoms with Crippen LogP contribution in [0.1, 0.15) is 20.8 Å². The normalized spacial score (nSPS) is 43.1. The van der Waals surface area contributed by atoms with Gasteiger partial charge in [-0.05, 0) is 20.8 Å². The third-order valence-corrected chi connectivity index (χ3v) is 2.60. The molecular weight excluding hydrogens is 148 g/mol. The Bertz CT molecular complexity index is 253. The summed E-state index contributed by atoms with van der Waals surface area (Å²) in [6.45, 7) is 6.55. The first kappa shape index (κ1) is 8.02. The van der Waals surface area contributed by atoms with Crippen LogP contribution in [0.25, 0.3) is 0 Å². The molecule has 2 rings (SSSR count). The summed E-state index contributed by atoms with van der Waals surface area (Å²) in [5.74, 6) is 0. The molecule has 1 heterocycles. The average Bonchev–Trinajstić information content (AvgIpc) is 2.16. The Kier molecular flexibility index (Phi) is 1.48. The van der Waals surface area contributed by atoms with Crippen LogP contribution in [0.15, 0.2) is 24.3 Å². The molecule has 0 radical (unpaired) electrons. The molecule has 1 saturated heterocycles. The predicted molar refractivity (Wildman–Crippen MR) is 50.8 cm³/mol. The standard InChI is InChI=1S/C10H16N2/c1-9(2)11-8-6-4-5-7-10(8,3)12-9/h4-8,11-12H,1-3H3. The second-order valence-corrected chi connectivity index (χ2v) is 4.40. The van der Waals surface area contributed by atoms with E-state index >= 15 is 0 Å². The van der Waals surface area contributed by atoms with E-state index < -0.39 is 0 Å². The highest BCUT2D eigenvalue weighted by atomic mass is 15.3. The predicted octanol–water partition coefficient (Wildman–Crippen LogP) is 1.17. The van der Waals surface area contributed by atoms with Crippen LogP contribution in [-0.4, -0.2) is 17.2 Å². The highest BCUT2D eigenvalue weighted by Gasteiger charge is 2.44. The second-order valence-electron chi connectivity index (χ2n) is 4.40. The maximum atomic E-state index is 3.56. The molecule has 0 aromatic rings. The number of hydrogen-bond acceptors (Lipinski definition) is 2. The molecule has 0 saturated carbocycles. The third kappa shape index (κ3) is 1.11. The Morgan fingerprint density at radius 3 is 2.58 bits per heavy atom. The molecule has 2 aliphatic rings. The summed E-state index contributed by atoms with van der Waals surface area (Å²) in [4.78, 5) is 0. The first-order valence-electron chi connectivity index (χ1n) is 4.45. The molecule has 2 nitrogen and oxygen atoms in total. The van der Waals surface area contributed by atoms with Crippen LogP contribution in [0.4, 0.5) is 0 Å². The van der Waals surface area contributed by atoms with Crippen LogP contribution in [-0.2, 0) is 0 Å². The van der Waals surface area contributed by atoms with Crippen LogP contribution in [0.2, 0.25) is 0 Å². The van der Waals surface area contributed by atoms with E-state index in [2.05, 4.69) is 55.7 Å². The molecule has 2 heteroatoms. The summed E-state index contributed by atoms with van der Waals surface area (Å²) in [5.41, 5.74) is 0.136. The van der Waals surface area contributed by atoms with Crippen molar-refractivity contribution in [1.29, 1.82) is 0 Å². The van der Waals surface area contributed by atoms with Crippen LogP contribution in [0.3, 0.4) is 0 Å². The van der Waals surface area contributed by atoms with Crippen molar-refractivity contribution < 1.29 is 0 Å². The van der Waals surface area contributed by atoms with Gasteiger partial charge in [0.15, 0.2) is 0 Å². The topological polar surface area (TPSA) is 24.1 Å². The second kappa shape index (κ2) is 2.21. The van der Waals surface area contributed by atoms with Crippen molar-refractivity contribution in [2.45, 2.75) is 38.0 Å². The lowest BCUT2D eigenvalue weighted by molar-refractivity contribution is 0.374. The number of hydrogen-bond donors (Lipinski definition) is 2. The lowest BCUT2D eigenvalue weighted by atomic mass is 9.90. The summed E-state index contributed by atoms with van der Waals surface area (Å²) < 4.78 is 0. The molecule has 1 aliphatic heterocycles. The van der Waals surface area contributed by atoms with Gasteiger partial charge in [-0.15, -0.1) is 0 Å². The minimum Gasteiger partial charge on any atom is -0.291 e. The van der Waals surface area contributed by atoms with Crippen molar-refractivity contribution in [3.8, 4) is 0 Å². The Balaban J connectivity index is 2.30. The number of rotatable bonds is 0. The molecule has 1 aliphatic carbocycles. The van der Waals surface area contributed by atoms with E-state index in [1.807, 2.05) is 0 Å². The van der Waals surface area contributed by atoms with Crippen molar-refractivity contribution >= 4 is 0 Å². The van der Waals surface area contributed by atoms with Gasteiger partial charge in [0.2, 0.25) is 0 Å². The smallest absolute Gasteiger partial charge is 0.0641 e. The summed E-state index contributed by atoms with van der Waals surface area (Å²) in [7, 11) is 0. The minimum absolute atomic E-state index is 0.0401. The molecule has 0 spiro atoms. The van der Waals surface area contributed by atoms with E-state index in [-0.39, 0.29) is 11.2 Å². The summed E-state index contributed by atoms with van der Waals surface area (Å²) >= 11 is 0. The van der Waals surface area contributed by atoms with Crippen molar-refractivity contribution in [3.63, 3.8) is 0 Å². The molecule has 2 unspecified atom stereocenters. The van der Waals surface area contributed by atoms with Gasteiger partial charge in [-0.3, -0.25) is 10.6 Å². The van der Waals surface area contributed by atoms with Crippen molar-refractivity contribution in [2.75, 3.05) is 0 Å². The SMILES string of the molecule is CC1(C)NC2C=CC=CC2(C)N1. The molecular formula is C10H16N2. The van der Waals surface area contributed by atoms with E-state index in [4.69, 9.17) is 0 Å². The minimum atomic E-state index is 0.0401. The van der Waals surface area contributed by atoms with Crippen molar-refractivity contribution in [3.05, 3.63) is 24.3 Å². The van der Waals surface area contributed by atoms with Gasteiger partial charge in [0.25, 0.3) is 0 Å². The quantitative estimate of drug-likeness (QED) is 0.561. The third-order valence-electron chi connectivity index (χ3n) is 2.60. The number of fused-ring (bicyclic) bond motifs is 1. The zero-order valence-corrected chi connectivity index (χ0v) is 7.89.